The highest BCUT2D eigenvalue weighted by Gasteiger charge is 2.22. The summed E-state index contributed by atoms with van der Waals surface area (Å²) in [7, 11) is 0. The molecule has 3 rings (SSSR count). The van der Waals surface area contributed by atoms with E-state index in [0.717, 1.165) is 18.8 Å². The van der Waals surface area contributed by atoms with Crippen molar-refractivity contribution >= 4 is 17.5 Å². The highest BCUT2D eigenvalue weighted by molar-refractivity contribution is 6.02. The molecule has 1 aliphatic heterocycles. The van der Waals surface area contributed by atoms with Crippen LogP contribution in [0.2, 0.25) is 0 Å². The van der Waals surface area contributed by atoms with E-state index < -0.39 is 0 Å². The van der Waals surface area contributed by atoms with Crippen LogP contribution in [-0.2, 0) is 0 Å². The van der Waals surface area contributed by atoms with Crippen molar-refractivity contribution in [3.8, 4) is 0 Å². The lowest BCUT2D eigenvalue weighted by Crippen LogP contribution is -2.39. The number of carbonyl (C=O) groups excluding carboxylic acids is 1. The van der Waals surface area contributed by atoms with Gasteiger partial charge < -0.3 is 14.7 Å². The summed E-state index contributed by atoms with van der Waals surface area (Å²) in [5.74, 6) is 1.51. The van der Waals surface area contributed by atoms with Crippen molar-refractivity contribution < 1.29 is 9.32 Å². The first-order valence-corrected chi connectivity index (χ1v) is 8.00. The lowest BCUT2D eigenvalue weighted by molar-refractivity contribution is 0.102. The lowest BCUT2D eigenvalue weighted by Gasteiger charge is -2.35. The quantitative estimate of drug-likeness (QED) is 0.934. The van der Waals surface area contributed by atoms with Crippen molar-refractivity contribution in [2.45, 2.75) is 45.6 Å². The Hall–Kier alpha value is -2.44. The molecular formula is C16H21N5O2. The van der Waals surface area contributed by atoms with Gasteiger partial charge in [-0.05, 0) is 32.6 Å². The molecule has 2 aromatic heterocycles. The highest BCUT2D eigenvalue weighted by atomic mass is 16.5. The van der Waals surface area contributed by atoms with Crippen LogP contribution in [0.15, 0.2) is 23.0 Å². The molecule has 1 atom stereocenters. The Morgan fingerprint density at radius 1 is 1.39 bits per heavy atom. The minimum absolute atomic E-state index is 0.263. The molecule has 2 aromatic rings. The predicted octanol–water partition coefficient (Wildman–Crippen LogP) is 2.79. The number of piperidine rings is 1. The SMILES string of the molecule is CCC1CCCCN1c1cnc(C(=O)Nc2cc(C)on2)cn1. The molecule has 1 aliphatic rings. The standard InChI is InChI=1S/C16H21N5O2/c1-3-12-6-4-5-7-21(12)15-10-17-13(9-18-15)16(22)19-14-8-11(2)23-20-14/h8-10,12H,3-7H2,1-2H3,(H,19,20,22). The molecule has 3 heterocycles. The molecule has 0 spiro atoms. The van der Waals surface area contributed by atoms with Crippen LogP contribution in [0.4, 0.5) is 11.6 Å². The number of nitrogens with one attached hydrogen (secondary N) is 1. The molecule has 23 heavy (non-hydrogen) atoms. The van der Waals surface area contributed by atoms with E-state index in [9.17, 15) is 4.79 Å². The second-order valence-electron chi connectivity index (χ2n) is 5.79. The summed E-state index contributed by atoms with van der Waals surface area (Å²) in [4.78, 5) is 23.1. The topological polar surface area (TPSA) is 84.2 Å². The molecule has 1 N–H and O–H groups in total. The predicted molar refractivity (Wildman–Crippen MR) is 86.5 cm³/mol. The van der Waals surface area contributed by atoms with Gasteiger partial charge in [0.2, 0.25) is 0 Å². The summed E-state index contributed by atoms with van der Waals surface area (Å²) in [5.41, 5.74) is 0.263. The highest BCUT2D eigenvalue weighted by Crippen LogP contribution is 2.24. The first-order chi connectivity index (χ1) is 11.2. The van der Waals surface area contributed by atoms with Gasteiger partial charge in [0.05, 0.1) is 12.4 Å². The third-order valence-corrected chi connectivity index (χ3v) is 4.13. The molecule has 0 radical (unpaired) electrons. The summed E-state index contributed by atoms with van der Waals surface area (Å²) in [6.45, 7) is 4.95. The number of rotatable bonds is 4. The molecule has 122 valence electrons. The molecule has 0 aliphatic carbocycles. The van der Waals surface area contributed by atoms with E-state index in [1.165, 1.54) is 25.5 Å². The van der Waals surface area contributed by atoms with E-state index in [-0.39, 0.29) is 11.6 Å². The van der Waals surface area contributed by atoms with E-state index in [0.29, 0.717) is 17.6 Å². The monoisotopic (exact) mass is 315 g/mol. The summed E-state index contributed by atoms with van der Waals surface area (Å²) >= 11 is 0. The Morgan fingerprint density at radius 3 is 2.91 bits per heavy atom. The van der Waals surface area contributed by atoms with Gasteiger partial charge >= 0.3 is 0 Å². The fourth-order valence-electron chi connectivity index (χ4n) is 2.92. The number of anilines is 2. The number of aryl methyl sites for hydroxylation is 1. The third-order valence-electron chi connectivity index (χ3n) is 4.13. The first-order valence-electron chi connectivity index (χ1n) is 8.00. The van der Waals surface area contributed by atoms with Crippen LogP contribution >= 0.6 is 0 Å². The van der Waals surface area contributed by atoms with Crippen LogP contribution in [0.3, 0.4) is 0 Å². The summed E-state index contributed by atoms with van der Waals surface area (Å²) in [6.07, 6.45) is 7.91. The van der Waals surface area contributed by atoms with Crippen LogP contribution in [0, 0.1) is 6.92 Å². The van der Waals surface area contributed by atoms with E-state index >= 15 is 0 Å². The first kappa shape index (κ1) is 15.5. The lowest BCUT2D eigenvalue weighted by atomic mass is 10.0. The molecule has 1 fully saturated rings. The molecule has 7 heteroatoms. The third kappa shape index (κ3) is 3.49. The second kappa shape index (κ2) is 6.76. The molecule has 1 saturated heterocycles. The van der Waals surface area contributed by atoms with E-state index in [1.807, 2.05) is 0 Å². The maximum absolute atomic E-state index is 12.1. The van der Waals surface area contributed by atoms with Gasteiger partial charge in [-0.3, -0.25) is 4.79 Å². The number of nitrogens with zero attached hydrogens (tertiary/aromatic N) is 4. The molecule has 0 aromatic carbocycles. The Balaban J connectivity index is 1.69. The fourth-order valence-corrected chi connectivity index (χ4v) is 2.92. The van der Waals surface area contributed by atoms with E-state index in [2.05, 4.69) is 32.3 Å². The Labute approximate surface area is 135 Å². The van der Waals surface area contributed by atoms with E-state index in [4.69, 9.17) is 4.52 Å². The maximum atomic E-state index is 12.1. The number of carbonyl (C=O) groups is 1. The van der Waals surface area contributed by atoms with Crippen molar-refractivity contribution in [3.05, 3.63) is 29.9 Å². The van der Waals surface area contributed by atoms with Crippen LogP contribution < -0.4 is 10.2 Å². The normalized spacial score (nSPS) is 18.0. The summed E-state index contributed by atoms with van der Waals surface area (Å²) in [5, 5.41) is 6.37. The van der Waals surface area contributed by atoms with Gasteiger partial charge in [-0.1, -0.05) is 12.1 Å². The van der Waals surface area contributed by atoms with Gasteiger partial charge in [-0.15, -0.1) is 0 Å². The molecule has 0 saturated carbocycles. The Morgan fingerprint density at radius 2 is 2.26 bits per heavy atom. The van der Waals surface area contributed by atoms with Gasteiger partial charge in [0.25, 0.3) is 5.91 Å². The molecular weight excluding hydrogens is 294 g/mol. The molecule has 0 bridgehead atoms. The largest absolute Gasteiger partial charge is 0.360 e. The minimum Gasteiger partial charge on any atom is -0.360 e. The van der Waals surface area contributed by atoms with Gasteiger partial charge in [-0.25, -0.2) is 9.97 Å². The molecule has 1 unspecified atom stereocenters. The maximum Gasteiger partial charge on any atom is 0.277 e. The average molecular weight is 315 g/mol. The number of amides is 1. The van der Waals surface area contributed by atoms with Crippen molar-refractivity contribution in [2.75, 3.05) is 16.8 Å². The van der Waals surface area contributed by atoms with Crippen LogP contribution in [-0.4, -0.2) is 33.6 Å². The number of hydrogen-bond donors (Lipinski definition) is 1. The molecule has 1 amide bonds. The Bertz CT molecular complexity index is 667. The zero-order valence-electron chi connectivity index (χ0n) is 13.5. The van der Waals surface area contributed by atoms with Gasteiger partial charge in [0.15, 0.2) is 5.82 Å². The zero-order chi connectivity index (χ0) is 16.2. The van der Waals surface area contributed by atoms with Crippen LogP contribution in [0.5, 0.6) is 0 Å². The van der Waals surface area contributed by atoms with Gasteiger partial charge in [0, 0.05) is 18.7 Å². The smallest absolute Gasteiger partial charge is 0.277 e. The van der Waals surface area contributed by atoms with Crippen molar-refractivity contribution in [1.29, 1.82) is 0 Å². The van der Waals surface area contributed by atoms with E-state index in [1.54, 1.807) is 19.2 Å². The Kier molecular flexibility index (Phi) is 4.55. The van der Waals surface area contributed by atoms with Crippen molar-refractivity contribution in [3.63, 3.8) is 0 Å². The summed E-state index contributed by atoms with van der Waals surface area (Å²) < 4.78 is 4.92. The van der Waals surface area contributed by atoms with Crippen molar-refractivity contribution in [1.82, 2.24) is 15.1 Å². The van der Waals surface area contributed by atoms with Crippen molar-refractivity contribution in [2.24, 2.45) is 0 Å². The minimum atomic E-state index is -0.344. The molecule has 7 nitrogen and oxygen atoms in total. The fraction of sp³-hybridized carbons (Fsp3) is 0.500. The van der Waals surface area contributed by atoms with Crippen LogP contribution in [0.1, 0.15) is 48.9 Å². The van der Waals surface area contributed by atoms with Gasteiger partial charge in [-0.2, -0.15) is 0 Å². The average Bonchev–Trinajstić information content (AvgIpc) is 3.00. The zero-order valence-corrected chi connectivity index (χ0v) is 13.5. The van der Waals surface area contributed by atoms with Gasteiger partial charge in [0.1, 0.15) is 17.3 Å². The van der Waals surface area contributed by atoms with Crippen LogP contribution in [0.25, 0.3) is 0 Å². The number of aromatic nitrogens is 3. The summed E-state index contributed by atoms with van der Waals surface area (Å²) in [6, 6.07) is 2.16. The second-order valence-corrected chi connectivity index (χ2v) is 5.79. The number of hydrogen-bond acceptors (Lipinski definition) is 6.